The molecule has 1 aromatic rings. The van der Waals surface area contributed by atoms with Crippen LogP contribution >= 0.6 is 15.9 Å². The van der Waals surface area contributed by atoms with Gasteiger partial charge in [-0.05, 0) is 18.2 Å². The highest BCUT2D eigenvalue weighted by molar-refractivity contribution is 9.09. The van der Waals surface area contributed by atoms with Gasteiger partial charge in [0.2, 0.25) is 0 Å². The Kier molecular flexibility index (Phi) is 4.21. The van der Waals surface area contributed by atoms with E-state index < -0.39 is 0 Å². The van der Waals surface area contributed by atoms with E-state index in [1.54, 1.807) is 25.3 Å². The van der Waals surface area contributed by atoms with Crippen LogP contribution in [0.2, 0.25) is 0 Å². The van der Waals surface area contributed by atoms with Crippen LogP contribution in [-0.4, -0.2) is 18.7 Å². The number of methoxy groups -OCH3 is 1. The normalized spacial score (nSPS) is 8.71. The largest absolute Gasteiger partial charge is 0.497 e. The average Bonchev–Trinajstić information content (AvgIpc) is 2.26. The van der Waals surface area contributed by atoms with Gasteiger partial charge in [0.1, 0.15) is 5.75 Å². The van der Waals surface area contributed by atoms with E-state index in [1.807, 2.05) is 0 Å². The fourth-order valence-corrected chi connectivity index (χ4v) is 1.15. The molecule has 1 aromatic carbocycles. The number of alkyl halides is 1. The second-order valence-electron chi connectivity index (χ2n) is 2.51. The summed E-state index contributed by atoms with van der Waals surface area (Å²) < 4.78 is 5.00. The minimum absolute atomic E-state index is 0.554. The third kappa shape index (κ3) is 2.61. The molecule has 0 atom stereocenters. The maximum Gasteiger partial charge on any atom is 0.151 e. The molecule has 0 aliphatic heterocycles. The van der Waals surface area contributed by atoms with Crippen molar-refractivity contribution in [2.45, 2.75) is 0 Å². The number of rotatable bonds is 2. The molecule has 0 amide bonds. The maximum atomic E-state index is 10.7. The molecule has 0 radical (unpaired) electrons. The zero-order valence-electron chi connectivity index (χ0n) is 7.71. The predicted octanol–water partition coefficient (Wildman–Crippen LogP) is 2.25. The van der Waals surface area contributed by atoms with Gasteiger partial charge >= 0.3 is 0 Å². The Balaban J connectivity index is 3.11. The van der Waals surface area contributed by atoms with Gasteiger partial charge in [0.25, 0.3) is 0 Å². The van der Waals surface area contributed by atoms with Crippen LogP contribution in [0.15, 0.2) is 18.2 Å². The molecular weight excluding hydrogens is 244 g/mol. The Morgan fingerprint density at radius 3 is 2.93 bits per heavy atom. The molecule has 0 aliphatic rings. The first-order valence-electron chi connectivity index (χ1n) is 4.00. The van der Waals surface area contributed by atoms with E-state index in [-0.39, 0.29) is 0 Å². The minimum atomic E-state index is 0.554. The van der Waals surface area contributed by atoms with Gasteiger partial charge in [-0.15, -0.1) is 0 Å². The molecule has 3 heteroatoms. The first kappa shape index (κ1) is 10.8. The van der Waals surface area contributed by atoms with Crippen molar-refractivity contribution in [3.63, 3.8) is 0 Å². The highest BCUT2D eigenvalue weighted by Crippen LogP contribution is 2.15. The molecule has 0 saturated heterocycles. The molecule has 0 N–H and O–H groups in total. The van der Waals surface area contributed by atoms with Crippen LogP contribution in [0, 0.1) is 11.8 Å². The fourth-order valence-electron chi connectivity index (χ4n) is 1.01. The van der Waals surface area contributed by atoms with Crippen molar-refractivity contribution in [3.8, 4) is 17.6 Å². The van der Waals surface area contributed by atoms with Crippen molar-refractivity contribution in [2.24, 2.45) is 0 Å². The summed E-state index contributed by atoms with van der Waals surface area (Å²) in [5.74, 6) is 6.39. The van der Waals surface area contributed by atoms with Crippen LogP contribution in [0.4, 0.5) is 0 Å². The Bertz CT molecular complexity index is 388. The molecule has 0 aromatic heterocycles. The summed E-state index contributed by atoms with van der Waals surface area (Å²) in [7, 11) is 1.56. The van der Waals surface area contributed by atoms with Crippen LogP contribution in [0.25, 0.3) is 0 Å². The molecule has 1 rings (SSSR count). The van der Waals surface area contributed by atoms with Crippen molar-refractivity contribution in [1.82, 2.24) is 0 Å². The highest BCUT2D eigenvalue weighted by Gasteiger charge is 2.00. The Labute approximate surface area is 91.4 Å². The lowest BCUT2D eigenvalue weighted by Gasteiger charge is -2.01. The molecule has 0 bridgehead atoms. The van der Waals surface area contributed by atoms with Crippen molar-refractivity contribution in [1.29, 1.82) is 0 Å². The number of ether oxygens (including phenoxy) is 1. The van der Waals surface area contributed by atoms with Gasteiger partial charge < -0.3 is 4.74 Å². The van der Waals surface area contributed by atoms with E-state index in [0.717, 1.165) is 11.8 Å². The molecule has 72 valence electrons. The topological polar surface area (TPSA) is 26.3 Å². The number of hydrogen-bond acceptors (Lipinski definition) is 2. The SMILES string of the molecule is COc1ccc(C#CCBr)c(C=O)c1. The maximum absolute atomic E-state index is 10.7. The summed E-state index contributed by atoms with van der Waals surface area (Å²) in [6.45, 7) is 0. The summed E-state index contributed by atoms with van der Waals surface area (Å²) in [6, 6.07) is 5.23. The lowest BCUT2D eigenvalue weighted by Crippen LogP contribution is -1.90. The van der Waals surface area contributed by atoms with Gasteiger partial charge in [-0.1, -0.05) is 27.8 Å². The third-order valence-corrected chi connectivity index (χ3v) is 1.96. The molecule has 0 saturated carbocycles. The molecule has 0 heterocycles. The number of hydrogen-bond donors (Lipinski definition) is 0. The Hall–Kier alpha value is -1.27. The van der Waals surface area contributed by atoms with E-state index in [4.69, 9.17) is 4.74 Å². The van der Waals surface area contributed by atoms with Crippen LogP contribution < -0.4 is 4.74 Å². The van der Waals surface area contributed by atoms with Gasteiger partial charge in [0.05, 0.1) is 12.4 Å². The smallest absolute Gasteiger partial charge is 0.151 e. The van der Waals surface area contributed by atoms with E-state index in [1.165, 1.54) is 0 Å². The lowest BCUT2D eigenvalue weighted by atomic mass is 10.1. The van der Waals surface area contributed by atoms with Gasteiger partial charge in [-0.3, -0.25) is 4.79 Å². The quantitative estimate of drug-likeness (QED) is 0.459. The summed E-state index contributed by atoms with van der Waals surface area (Å²) in [5, 5.41) is 0.595. The molecule has 2 nitrogen and oxygen atoms in total. The minimum Gasteiger partial charge on any atom is -0.497 e. The second kappa shape index (κ2) is 5.46. The van der Waals surface area contributed by atoms with E-state index in [0.29, 0.717) is 16.6 Å². The van der Waals surface area contributed by atoms with Gasteiger partial charge in [0.15, 0.2) is 6.29 Å². The Morgan fingerprint density at radius 2 is 2.36 bits per heavy atom. The third-order valence-electron chi connectivity index (χ3n) is 1.68. The van der Waals surface area contributed by atoms with Crippen LogP contribution in [0.1, 0.15) is 15.9 Å². The summed E-state index contributed by atoms with van der Waals surface area (Å²) in [6.07, 6.45) is 0.779. The van der Waals surface area contributed by atoms with Gasteiger partial charge in [-0.2, -0.15) is 0 Å². The van der Waals surface area contributed by atoms with Crippen molar-refractivity contribution >= 4 is 22.2 Å². The first-order valence-corrected chi connectivity index (χ1v) is 5.12. The zero-order chi connectivity index (χ0) is 10.4. The zero-order valence-corrected chi connectivity index (χ0v) is 9.30. The fraction of sp³-hybridized carbons (Fsp3) is 0.182. The molecule has 0 aliphatic carbocycles. The molecule has 14 heavy (non-hydrogen) atoms. The van der Waals surface area contributed by atoms with E-state index >= 15 is 0 Å². The standard InChI is InChI=1S/C11H9BrO2/c1-14-11-5-4-9(3-2-6-12)10(7-11)8-13/h4-5,7-8H,6H2,1H3. The summed E-state index contributed by atoms with van der Waals surface area (Å²) in [4.78, 5) is 10.7. The van der Waals surface area contributed by atoms with E-state index in [9.17, 15) is 4.79 Å². The molecule has 0 fully saturated rings. The van der Waals surface area contributed by atoms with Crippen LogP contribution in [-0.2, 0) is 0 Å². The molecular formula is C11H9BrO2. The van der Waals surface area contributed by atoms with Crippen molar-refractivity contribution in [2.75, 3.05) is 12.4 Å². The first-order chi connectivity index (χ1) is 6.81. The highest BCUT2D eigenvalue weighted by atomic mass is 79.9. The number of halogens is 1. The monoisotopic (exact) mass is 252 g/mol. The summed E-state index contributed by atoms with van der Waals surface area (Å²) in [5.41, 5.74) is 1.28. The molecule has 0 unspecified atom stereocenters. The van der Waals surface area contributed by atoms with Crippen molar-refractivity contribution in [3.05, 3.63) is 29.3 Å². The number of carbonyl (C=O) groups excluding carboxylic acids is 1. The van der Waals surface area contributed by atoms with Gasteiger partial charge in [0, 0.05) is 11.1 Å². The number of benzene rings is 1. The number of aldehydes is 1. The predicted molar refractivity (Wildman–Crippen MR) is 59.1 cm³/mol. The molecule has 0 spiro atoms. The van der Waals surface area contributed by atoms with Crippen LogP contribution in [0.3, 0.4) is 0 Å². The average molecular weight is 253 g/mol. The Morgan fingerprint density at radius 1 is 1.57 bits per heavy atom. The summed E-state index contributed by atoms with van der Waals surface area (Å²) >= 11 is 3.19. The lowest BCUT2D eigenvalue weighted by molar-refractivity contribution is 0.112. The van der Waals surface area contributed by atoms with Gasteiger partial charge in [-0.25, -0.2) is 0 Å². The van der Waals surface area contributed by atoms with Crippen LogP contribution in [0.5, 0.6) is 5.75 Å². The second-order valence-corrected chi connectivity index (χ2v) is 3.07. The van der Waals surface area contributed by atoms with E-state index in [2.05, 4.69) is 27.8 Å². The number of carbonyl (C=O) groups is 1. The van der Waals surface area contributed by atoms with Crippen molar-refractivity contribution < 1.29 is 9.53 Å².